The van der Waals surface area contributed by atoms with Crippen molar-refractivity contribution in [3.63, 3.8) is 0 Å². The van der Waals surface area contributed by atoms with Crippen LogP contribution >= 0.6 is 12.4 Å². The minimum atomic E-state index is 0. The van der Waals surface area contributed by atoms with E-state index < -0.39 is 0 Å². The van der Waals surface area contributed by atoms with E-state index in [0.29, 0.717) is 13.2 Å². The van der Waals surface area contributed by atoms with E-state index in [4.69, 9.17) is 9.47 Å². The van der Waals surface area contributed by atoms with E-state index in [9.17, 15) is 0 Å². The van der Waals surface area contributed by atoms with Crippen LogP contribution in [0.25, 0.3) is 0 Å². The molecule has 0 unspecified atom stereocenters. The first-order chi connectivity index (χ1) is 9.38. The van der Waals surface area contributed by atoms with Crippen LogP contribution in [0.3, 0.4) is 0 Å². The summed E-state index contributed by atoms with van der Waals surface area (Å²) >= 11 is 0. The van der Waals surface area contributed by atoms with Crippen molar-refractivity contribution in [1.82, 2.24) is 10.2 Å². The number of nitrogens with one attached hydrogen (secondary N) is 1. The predicted octanol–water partition coefficient (Wildman–Crippen LogP) is 1.53. The van der Waals surface area contributed by atoms with E-state index in [1.165, 1.54) is 31.7 Å². The van der Waals surface area contributed by atoms with Crippen molar-refractivity contribution < 1.29 is 9.47 Å². The van der Waals surface area contributed by atoms with Crippen LogP contribution in [0, 0.1) is 11.8 Å². The molecule has 0 saturated carbocycles. The zero-order valence-corrected chi connectivity index (χ0v) is 12.3. The van der Waals surface area contributed by atoms with Crippen molar-refractivity contribution in [2.75, 3.05) is 39.4 Å². The van der Waals surface area contributed by atoms with Gasteiger partial charge in [0.25, 0.3) is 0 Å². The van der Waals surface area contributed by atoms with Crippen molar-refractivity contribution in [2.45, 2.75) is 6.54 Å². The van der Waals surface area contributed by atoms with Gasteiger partial charge in [0.05, 0.1) is 0 Å². The molecule has 2 saturated heterocycles. The van der Waals surface area contributed by atoms with Gasteiger partial charge in [-0.3, -0.25) is 4.90 Å². The number of hydrogen-bond donors (Lipinski definition) is 1. The van der Waals surface area contributed by atoms with E-state index in [2.05, 4.69) is 22.3 Å². The number of halogens is 1. The first kappa shape index (κ1) is 14.0. The van der Waals surface area contributed by atoms with Crippen LogP contribution in [-0.4, -0.2) is 44.3 Å². The summed E-state index contributed by atoms with van der Waals surface area (Å²) in [5.74, 6) is 3.51. The van der Waals surface area contributed by atoms with Crippen molar-refractivity contribution in [3.05, 3.63) is 23.8 Å². The highest BCUT2D eigenvalue weighted by Crippen LogP contribution is 2.32. The molecular formula is C15H21ClN2O2. The monoisotopic (exact) mass is 296 g/mol. The summed E-state index contributed by atoms with van der Waals surface area (Å²) in [5, 5.41) is 3.49. The van der Waals surface area contributed by atoms with Gasteiger partial charge in [0.1, 0.15) is 13.2 Å². The molecule has 0 aliphatic carbocycles. The number of hydrogen-bond acceptors (Lipinski definition) is 4. The molecule has 4 nitrogen and oxygen atoms in total. The van der Waals surface area contributed by atoms with Crippen LogP contribution in [0.5, 0.6) is 11.5 Å². The second kappa shape index (κ2) is 5.80. The molecule has 0 bridgehead atoms. The molecule has 1 aromatic carbocycles. The summed E-state index contributed by atoms with van der Waals surface area (Å²) in [6.45, 7) is 7.21. The normalized spacial score (nSPS) is 28.0. The largest absolute Gasteiger partial charge is 0.486 e. The lowest BCUT2D eigenvalue weighted by Gasteiger charge is -2.21. The molecule has 20 heavy (non-hydrogen) atoms. The van der Waals surface area contributed by atoms with Crippen LogP contribution in [-0.2, 0) is 6.54 Å². The molecule has 3 aliphatic rings. The van der Waals surface area contributed by atoms with Gasteiger partial charge in [0, 0.05) is 19.6 Å². The zero-order valence-electron chi connectivity index (χ0n) is 11.5. The molecule has 2 atom stereocenters. The molecule has 4 rings (SSSR count). The summed E-state index contributed by atoms with van der Waals surface area (Å²) < 4.78 is 11.2. The Kier molecular flexibility index (Phi) is 4.06. The highest BCUT2D eigenvalue weighted by Gasteiger charge is 2.35. The van der Waals surface area contributed by atoms with E-state index in [1.807, 2.05) is 6.07 Å². The molecule has 0 aromatic heterocycles. The lowest BCUT2D eigenvalue weighted by Crippen LogP contribution is -2.25. The number of fused-ring (bicyclic) bond motifs is 2. The van der Waals surface area contributed by atoms with Crippen LogP contribution in [0.4, 0.5) is 0 Å². The number of likely N-dealkylation sites (tertiary alicyclic amines) is 1. The van der Waals surface area contributed by atoms with Crippen LogP contribution < -0.4 is 14.8 Å². The lowest BCUT2D eigenvalue weighted by atomic mass is 10.0. The van der Waals surface area contributed by atoms with Crippen LogP contribution in [0.1, 0.15) is 5.56 Å². The molecule has 0 amide bonds. The smallest absolute Gasteiger partial charge is 0.161 e. The summed E-state index contributed by atoms with van der Waals surface area (Å²) in [6.07, 6.45) is 0. The van der Waals surface area contributed by atoms with Gasteiger partial charge < -0.3 is 14.8 Å². The first-order valence-corrected chi connectivity index (χ1v) is 7.20. The van der Waals surface area contributed by atoms with E-state index >= 15 is 0 Å². The van der Waals surface area contributed by atoms with Gasteiger partial charge in [-0.1, -0.05) is 6.07 Å². The quantitative estimate of drug-likeness (QED) is 0.897. The Morgan fingerprint density at radius 2 is 1.75 bits per heavy atom. The molecule has 3 heterocycles. The molecular weight excluding hydrogens is 276 g/mol. The standard InChI is InChI=1S/C15H20N2O2.ClH/c1-2-14-15(19-4-3-18-14)5-11(1)8-17-9-12-6-16-7-13(12)10-17;/h1-2,5,12-13,16H,3-4,6-10H2;1H/t12-,13+;. The zero-order chi connectivity index (χ0) is 12.7. The third kappa shape index (κ3) is 2.60. The van der Waals surface area contributed by atoms with Crippen molar-refractivity contribution in [3.8, 4) is 11.5 Å². The fourth-order valence-corrected chi connectivity index (χ4v) is 3.53. The average Bonchev–Trinajstić information content (AvgIpc) is 2.99. The second-order valence-corrected chi connectivity index (χ2v) is 5.85. The second-order valence-electron chi connectivity index (χ2n) is 5.85. The molecule has 1 aromatic rings. The minimum absolute atomic E-state index is 0. The maximum absolute atomic E-state index is 5.65. The molecule has 0 radical (unpaired) electrons. The topological polar surface area (TPSA) is 33.7 Å². The Labute approximate surface area is 125 Å². The highest BCUT2D eigenvalue weighted by atomic mass is 35.5. The fourth-order valence-electron chi connectivity index (χ4n) is 3.53. The summed E-state index contributed by atoms with van der Waals surface area (Å²) in [5.41, 5.74) is 1.33. The molecule has 5 heteroatoms. The van der Waals surface area contributed by atoms with Crippen molar-refractivity contribution in [2.24, 2.45) is 11.8 Å². The van der Waals surface area contributed by atoms with E-state index in [-0.39, 0.29) is 12.4 Å². The summed E-state index contributed by atoms with van der Waals surface area (Å²) in [7, 11) is 0. The Morgan fingerprint density at radius 1 is 1.05 bits per heavy atom. The van der Waals surface area contributed by atoms with Gasteiger partial charge in [-0.05, 0) is 42.6 Å². The van der Waals surface area contributed by atoms with Gasteiger partial charge in [-0.2, -0.15) is 0 Å². The SMILES string of the molecule is Cl.c1cc2c(cc1CN1C[C@H]3CNC[C@H]3C1)OCCO2. The molecule has 3 aliphatic heterocycles. The Hall–Kier alpha value is -0.970. The average molecular weight is 297 g/mol. The molecule has 2 fully saturated rings. The summed E-state index contributed by atoms with van der Waals surface area (Å²) in [4.78, 5) is 2.57. The predicted molar refractivity (Wildman–Crippen MR) is 79.8 cm³/mol. The third-order valence-electron chi connectivity index (χ3n) is 4.48. The Bertz CT molecular complexity index is 471. The lowest BCUT2D eigenvalue weighted by molar-refractivity contribution is 0.171. The maximum Gasteiger partial charge on any atom is 0.161 e. The summed E-state index contributed by atoms with van der Waals surface area (Å²) in [6, 6.07) is 6.35. The van der Waals surface area contributed by atoms with Gasteiger partial charge in [-0.15, -0.1) is 12.4 Å². The Balaban J connectivity index is 0.00000121. The number of benzene rings is 1. The van der Waals surface area contributed by atoms with Crippen LogP contribution in [0.15, 0.2) is 18.2 Å². The fraction of sp³-hybridized carbons (Fsp3) is 0.600. The highest BCUT2D eigenvalue weighted by molar-refractivity contribution is 5.85. The Morgan fingerprint density at radius 3 is 2.50 bits per heavy atom. The van der Waals surface area contributed by atoms with E-state index in [0.717, 1.165) is 29.9 Å². The first-order valence-electron chi connectivity index (χ1n) is 7.20. The van der Waals surface area contributed by atoms with Gasteiger partial charge >= 0.3 is 0 Å². The minimum Gasteiger partial charge on any atom is -0.486 e. The number of nitrogens with zero attached hydrogens (tertiary/aromatic N) is 1. The maximum atomic E-state index is 5.65. The number of ether oxygens (including phenoxy) is 2. The molecule has 1 N–H and O–H groups in total. The van der Waals surface area contributed by atoms with E-state index in [1.54, 1.807) is 0 Å². The molecule has 110 valence electrons. The van der Waals surface area contributed by atoms with Crippen LogP contribution in [0.2, 0.25) is 0 Å². The van der Waals surface area contributed by atoms with Crippen molar-refractivity contribution in [1.29, 1.82) is 0 Å². The van der Waals surface area contributed by atoms with Crippen molar-refractivity contribution >= 4 is 12.4 Å². The third-order valence-corrected chi connectivity index (χ3v) is 4.48. The number of rotatable bonds is 2. The van der Waals surface area contributed by atoms with Gasteiger partial charge in [-0.25, -0.2) is 0 Å². The van der Waals surface area contributed by atoms with Gasteiger partial charge in [0.2, 0.25) is 0 Å². The van der Waals surface area contributed by atoms with Gasteiger partial charge in [0.15, 0.2) is 11.5 Å². The molecule has 0 spiro atoms.